The molecule has 2 rings (SSSR count). The molecule has 1 aliphatic rings. The Morgan fingerprint density at radius 2 is 1.96 bits per heavy atom. The summed E-state index contributed by atoms with van der Waals surface area (Å²) in [6.07, 6.45) is 3.85. The second kappa shape index (κ2) is 8.13. The van der Waals surface area contributed by atoms with Gasteiger partial charge in [0.25, 0.3) is 0 Å². The standard InChI is InChI=1S/C16H23ClN2O3S/c1-2-3-12-19(15-6-4-5-11-18-16(15)20)23(21,22)14-9-7-13(17)8-10-14/h7-10,15H,2-6,11-12H2,1H3,(H,18,20)/t15-/m1/s1. The van der Waals surface area contributed by atoms with Crippen molar-refractivity contribution in [2.75, 3.05) is 13.1 Å². The highest BCUT2D eigenvalue weighted by atomic mass is 35.5. The number of carbonyl (C=O) groups is 1. The van der Waals surface area contributed by atoms with E-state index in [0.717, 1.165) is 25.7 Å². The lowest BCUT2D eigenvalue weighted by molar-refractivity contribution is -0.124. The maximum absolute atomic E-state index is 13.0. The van der Waals surface area contributed by atoms with Crippen molar-refractivity contribution in [1.82, 2.24) is 9.62 Å². The summed E-state index contributed by atoms with van der Waals surface area (Å²) in [7, 11) is -3.72. The molecule has 0 unspecified atom stereocenters. The van der Waals surface area contributed by atoms with Gasteiger partial charge in [0.2, 0.25) is 15.9 Å². The van der Waals surface area contributed by atoms with Gasteiger partial charge >= 0.3 is 0 Å². The number of unbranched alkanes of at least 4 members (excludes halogenated alkanes) is 1. The first kappa shape index (κ1) is 18.2. The number of hydrogen-bond acceptors (Lipinski definition) is 3. The van der Waals surface area contributed by atoms with Crippen LogP contribution < -0.4 is 5.32 Å². The van der Waals surface area contributed by atoms with Crippen molar-refractivity contribution >= 4 is 27.5 Å². The van der Waals surface area contributed by atoms with Crippen LogP contribution in [0.25, 0.3) is 0 Å². The maximum atomic E-state index is 13.0. The Hall–Kier alpha value is -1.11. The van der Waals surface area contributed by atoms with E-state index in [9.17, 15) is 13.2 Å². The first-order valence-corrected chi connectivity index (χ1v) is 9.83. The summed E-state index contributed by atoms with van der Waals surface area (Å²) >= 11 is 5.85. The summed E-state index contributed by atoms with van der Waals surface area (Å²) in [6.45, 7) is 2.96. The summed E-state index contributed by atoms with van der Waals surface area (Å²) in [5.41, 5.74) is 0. The molecular weight excluding hydrogens is 336 g/mol. The van der Waals surface area contributed by atoms with Gasteiger partial charge in [-0.1, -0.05) is 24.9 Å². The molecule has 0 radical (unpaired) electrons. The summed E-state index contributed by atoms with van der Waals surface area (Å²) in [4.78, 5) is 12.5. The molecule has 0 saturated carbocycles. The average Bonchev–Trinajstić information content (AvgIpc) is 2.73. The number of benzene rings is 1. The van der Waals surface area contributed by atoms with Crippen molar-refractivity contribution in [1.29, 1.82) is 0 Å². The number of sulfonamides is 1. The van der Waals surface area contributed by atoms with Gasteiger partial charge in [-0.25, -0.2) is 8.42 Å². The second-order valence-electron chi connectivity index (χ2n) is 5.73. The molecule has 1 atom stereocenters. The van der Waals surface area contributed by atoms with E-state index in [1.165, 1.54) is 16.4 Å². The van der Waals surface area contributed by atoms with Gasteiger partial charge in [-0.15, -0.1) is 0 Å². The first-order chi connectivity index (χ1) is 11.0. The minimum atomic E-state index is -3.72. The normalized spacial score (nSPS) is 19.4. The van der Waals surface area contributed by atoms with E-state index < -0.39 is 16.1 Å². The molecule has 0 bridgehead atoms. The third kappa shape index (κ3) is 4.46. The number of halogens is 1. The molecular formula is C16H23ClN2O3S. The quantitative estimate of drug-likeness (QED) is 0.850. The molecule has 1 aromatic carbocycles. The second-order valence-corrected chi connectivity index (χ2v) is 8.05. The smallest absolute Gasteiger partial charge is 0.243 e. The van der Waals surface area contributed by atoms with E-state index in [-0.39, 0.29) is 10.8 Å². The van der Waals surface area contributed by atoms with Crippen LogP contribution in [-0.4, -0.2) is 37.8 Å². The number of carbonyl (C=O) groups excluding carboxylic acids is 1. The van der Waals surface area contributed by atoms with Gasteiger partial charge in [-0.3, -0.25) is 4.79 Å². The molecule has 5 nitrogen and oxygen atoms in total. The highest BCUT2D eigenvalue weighted by Crippen LogP contribution is 2.24. The van der Waals surface area contributed by atoms with E-state index >= 15 is 0 Å². The molecule has 7 heteroatoms. The van der Waals surface area contributed by atoms with Crippen LogP contribution in [0.1, 0.15) is 39.0 Å². The van der Waals surface area contributed by atoms with Gasteiger partial charge in [0.1, 0.15) is 6.04 Å². The number of rotatable bonds is 6. The van der Waals surface area contributed by atoms with Gasteiger partial charge in [-0.05, 0) is 49.9 Å². The van der Waals surface area contributed by atoms with Crippen molar-refractivity contribution in [2.24, 2.45) is 0 Å². The summed E-state index contributed by atoms with van der Waals surface area (Å²) in [6, 6.07) is 5.46. The Labute approximate surface area is 143 Å². The molecule has 0 spiro atoms. The lowest BCUT2D eigenvalue weighted by Gasteiger charge is -2.29. The number of amides is 1. The lowest BCUT2D eigenvalue weighted by Crippen LogP contribution is -2.48. The highest BCUT2D eigenvalue weighted by molar-refractivity contribution is 7.89. The maximum Gasteiger partial charge on any atom is 0.243 e. The van der Waals surface area contributed by atoms with E-state index in [0.29, 0.717) is 24.5 Å². The summed E-state index contributed by atoms with van der Waals surface area (Å²) in [5, 5.41) is 3.30. The molecule has 1 amide bonds. The molecule has 23 heavy (non-hydrogen) atoms. The van der Waals surface area contributed by atoms with Crippen LogP contribution in [-0.2, 0) is 14.8 Å². The molecule has 0 aromatic heterocycles. The SMILES string of the molecule is CCCCN([C@@H]1CCCCNC1=O)S(=O)(=O)c1ccc(Cl)cc1. The first-order valence-electron chi connectivity index (χ1n) is 8.02. The molecule has 1 fully saturated rings. The van der Waals surface area contributed by atoms with Crippen molar-refractivity contribution < 1.29 is 13.2 Å². The number of nitrogens with one attached hydrogen (secondary N) is 1. The minimum absolute atomic E-state index is 0.176. The Morgan fingerprint density at radius 1 is 1.26 bits per heavy atom. The number of hydrogen-bond donors (Lipinski definition) is 1. The van der Waals surface area contributed by atoms with Crippen molar-refractivity contribution in [3.8, 4) is 0 Å². The number of nitrogens with zero attached hydrogens (tertiary/aromatic N) is 1. The highest BCUT2D eigenvalue weighted by Gasteiger charge is 2.35. The molecule has 128 valence electrons. The van der Waals surface area contributed by atoms with Gasteiger partial charge < -0.3 is 5.32 Å². The van der Waals surface area contributed by atoms with Crippen LogP contribution in [0.4, 0.5) is 0 Å². The van der Waals surface area contributed by atoms with Crippen molar-refractivity contribution in [3.05, 3.63) is 29.3 Å². The largest absolute Gasteiger partial charge is 0.355 e. The van der Waals surface area contributed by atoms with Gasteiger partial charge in [0.05, 0.1) is 4.90 Å². The van der Waals surface area contributed by atoms with Crippen LogP contribution in [0.2, 0.25) is 5.02 Å². The monoisotopic (exact) mass is 358 g/mol. The Balaban J connectivity index is 2.35. The summed E-state index contributed by atoms with van der Waals surface area (Å²) < 4.78 is 27.4. The fourth-order valence-corrected chi connectivity index (χ4v) is 4.48. The zero-order chi connectivity index (χ0) is 16.9. The third-order valence-corrected chi connectivity index (χ3v) is 6.18. The molecule has 1 N–H and O–H groups in total. The van der Waals surface area contributed by atoms with Crippen molar-refractivity contribution in [3.63, 3.8) is 0 Å². The van der Waals surface area contributed by atoms with E-state index in [2.05, 4.69) is 5.32 Å². The van der Waals surface area contributed by atoms with E-state index in [1.807, 2.05) is 6.92 Å². The van der Waals surface area contributed by atoms with Crippen LogP contribution in [0.5, 0.6) is 0 Å². The molecule has 0 aliphatic carbocycles. The molecule has 1 aromatic rings. The predicted molar refractivity (Wildman–Crippen MR) is 90.9 cm³/mol. The average molecular weight is 359 g/mol. The van der Waals surface area contributed by atoms with Gasteiger partial charge in [0.15, 0.2) is 0 Å². The van der Waals surface area contributed by atoms with Crippen LogP contribution >= 0.6 is 11.6 Å². The fourth-order valence-electron chi connectivity index (χ4n) is 2.70. The Kier molecular flexibility index (Phi) is 6.44. The topological polar surface area (TPSA) is 66.5 Å². The van der Waals surface area contributed by atoms with Crippen LogP contribution in [0.15, 0.2) is 29.2 Å². The summed E-state index contributed by atoms with van der Waals surface area (Å²) in [5.74, 6) is -0.198. The molecule has 1 aliphatic heterocycles. The lowest BCUT2D eigenvalue weighted by atomic mass is 10.1. The zero-order valence-electron chi connectivity index (χ0n) is 13.3. The van der Waals surface area contributed by atoms with Gasteiger partial charge in [-0.2, -0.15) is 4.31 Å². The van der Waals surface area contributed by atoms with Gasteiger partial charge in [0, 0.05) is 18.1 Å². The predicted octanol–water partition coefficient (Wildman–Crippen LogP) is 2.80. The minimum Gasteiger partial charge on any atom is -0.355 e. The van der Waals surface area contributed by atoms with Crippen LogP contribution in [0, 0.1) is 0 Å². The molecule has 1 saturated heterocycles. The fraction of sp³-hybridized carbons (Fsp3) is 0.562. The van der Waals surface area contributed by atoms with E-state index in [4.69, 9.17) is 11.6 Å². The van der Waals surface area contributed by atoms with E-state index in [1.54, 1.807) is 12.1 Å². The van der Waals surface area contributed by atoms with Crippen molar-refractivity contribution in [2.45, 2.75) is 50.0 Å². The Morgan fingerprint density at radius 3 is 2.61 bits per heavy atom. The van der Waals surface area contributed by atoms with Crippen LogP contribution in [0.3, 0.4) is 0 Å². The third-order valence-electron chi connectivity index (χ3n) is 4.01. The Bertz CT molecular complexity index is 631. The molecule has 1 heterocycles. The zero-order valence-corrected chi connectivity index (χ0v) is 14.9.